The molecule has 3 aromatic carbocycles. The van der Waals surface area contributed by atoms with E-state index in [1.807, 2.05) is 97.9 Å². The molecule has 29 heavy (non-hydrogen) atoms. The van der Waals surface area contributed by atoms with Crippen LogP contribution in [0, 0.1) is 6.92 Å². The van der Waals surface area contributed by atoms with Crippen molar-refractivity contribution in [1.82, 2.24) is 4.68 Å². The molecule has 0 bridgehead atoms. The Morgan fingerprint density at radius 2 is 1.31 bits per heavy atom. The topological polar surface area (TPSA) is 34.4 Å². The van der Waals surface area contributed by atoms with Gasteiger partial charge < -0.3 is 0 Å². The number of nitrogens with zero attached hydrogens (tertiary/aromatic N) is 2. The summed E-state index contributed by atoms with van der Waals surface area (Å²) in [6.07, 6.45) is 0. The Morgan fingerprint density at radius 3 is 1.93 bits per heavy atom. The molecule has 0 N–H and O–H groups in total. The van der Waals surface area contributed by atoms with E-state index in [0.29, 0.717) is 0 Å². The van der Waals surface area contributed by atoms with Crippen LogP contribution in [0.15, 0.2) is 107 Å². The molecule has 1 heterocycles. The van der Waals surface area contributed by atoms with Gasteiger partial charge in [0.2, 0.25) is 0 Å². The number of aryl methyl sites for hydroxylation is 1. The molecular weight excluding hydrogens is 356 g/mol. The van der Waals surface area contributed by atoms with Crippen molar-refractivity contribution in [3.05, 3.63) is 119 Å². The molecule has 0 aliphatic carbocycles. The smallest absolute Gasteiger partial charge is 0.267 e. The number of pyridine rings is 1. The summed E-state index contributed by atoms with van der Waals surface area (Å²) in [5, 5.41) is 4.69. The molecular formula is C26H22N2O. The average Bonchev–Trinajstić information content (AvgIpc) is 2.76. The summed E-state index contributed by atoms with van der Waals surface area (Å²) < 4.78 is 1.50. The van der Waals surface area contributed by atoms with Crippen LogP contribution in [-0.2, 0) is 0 Å². The normalized spacial score (nSPS) is 11.4. The Kier molecular flexibility index (Phi) is 5.21. The zero-order valence-electron chi connectivity index (χ0n) is 16.5. The summed E-state index contributed by atoms with van der Waals surface area (Å²) in [6, 6.07) is 31.7. The lowest BCUT2D eigenvalue weighted by molar-refractivity contribution is 0.837. The molecule has 0 saturated heterocycles. The zero-order chi connectivity index (χ0) is 20.2. The fourth-order valence-corrected chi connectivity index (χ4v) is 3.28. The van der Waals surface area contributed by atoms with E-state index in [1.165, 1.54) is 10.2 Å². The average molecular weight is 378 g/mol. The number of hydrogen-bond acceptors (Lipinski definition) is 2. The summed E-state index contributed by atoms with van der Waals surface area (Å²) in [5.41, 5.74) is 6.42. The summed E-state index contributed by atoms with van der Waals surface area (Å²) in [4.78, 5) is 13.1. The fourth-order valence-electron chi connectivity index (χ4n) is 3.28. The van der Waals surface area contributed by atoms with Gasteiger partial charge in [0, 0.05) is 11.6 Å². The van der Waals surface area contributed by atoms with Gasteiger partial charge >= 0.3 is 0 Å². The van der Waals surface area contributed by atoms with Gasteiger partial charge in [0.05, 0.1) is 11.4 Å². The zero-order valence-corrected chi connectivity index (χ0v) is 16.5. The predicted octanol–water partition coefficient (Wildman–Crippen LogP) is 5.76. The molecule has 4 rings (SSSR count). The Hall–Kier alpha value is -3.72. The van der Waals surface area contributed by atoms with Gasteiger partial charge in [-0.15, -0.1) is 0 Å². The minimum absolute atomic E-state index is 0.156. The first kappa shape index (κ1) is 18.6. The highest BCUT2D eigenvalue weighted by Gasteiger charge is 2.11. The second kappa shape index (κ2) is 8.11. The molecule has 4 aromatic rings. The van der Waals surface area contributed by atoms with Crippen LogP contribution in [0.1, 0.15) is 18.1 Å². The van der Waals surface area contributed by atoms with E-state index in [-0.39, 0.29) is 5.56 Å². The first-order valence-electron chi connectivity index (χ1n) is 9.62. The molecule has 142 valence electrons. The van der Waals surface area contributed by atoms with Crippen molar-refractivity contribution in [2.75, 3.05) is 0 Å². The van der Waals surface area contributed by atoms with Crippen molar-refractivity contribution in [3.8, 4) is 22.4 Å². The second-order valence-electron chi connectivity index (χ2n) is 7.06. The van der Waals surface area contributed by atoms with E-state index in [4.69, 9.17) is 5.10 Å². The van der Waals surface area contributed by atoms with Crippen molar-refractivity contribution >= 4 is 5.71 Å². The van der Waals surface area contributed by atoms with Crippen LogP contribution in [0.3, 0.4) is 0 Å². The summed E-state index contributed by atoms with van der Waals surface area (Å²) >= 11 is 0. The van der Waals surface area contributed by atoms with Crippen LogP contribution < -0.4 is 5.56 Å². The molecule has 0 atom stereocenters. The fraction of sp³-hybridized carbons (Fsp3) is 0.0769. The van der Waals surface area contributed by atoms with Crippen LogP contribution in [0.2, 0.25) is 0 Å². The maximum absolute atomic E-state index is 13.1. The molecule has 0 radical (unpaired) electrons. The van der Waals surface area contributed by atoms with E-state index in [2.05, 4.69) is 6.92 Å². The van der Waals surface area contributed by atoms with Gasteiger partial charge in [0.15, 0.2) is 0 Å². The van der Waals surface area contributed by atoms with Crippen LogP contribution >= 0.6 is 0 Å². The first-order valence-corrected chi connectivity index (χ1v) is 9.62. The Labute approximate surface area is 170 Å². The summed E-state index contributed by atoms with van der Waals surface area (Å²) in [5.74, 6) is 0. The lowest BCUT2D eigenvalue weighted by atomic mass is 10.0. The number of benzene rings is 3. The lowest BCUT2D eigenvalue weighted by Gasteiger charge is -2.12. The summed E-state index contributed by atoms with van der Waals surface area (Å²) in [6.45, 7) is 3.98. The summed E-state index contributed by atoms with van der Waals surface area (Å²) in [7, 11) is 0. The highest BCUT2D eigenvalue weighted by Crippen LogP contribution is 2.25. The Balaban J connectivity index is 1.90. The van der Waals surface area contributed by atoms with Crippen LogP contribution in [0.4, 0.5) is 0 Å². The molecule has 3 nitrogen and oxygen atoms in total. The number of aromatic nitrogens is 1. The van der Waals surface area contributed by atoms with E-state index in [1.54, 1.807) is 6.07 Å². The molecule has 0 fully saturated rings. The third-order valence-electron chi connectivity index (χ3n) is 4.90. The van der Waals surface area contributed by atoms with Crippen molar-refractivity contribution in [2.24, 2.45) is 5.10 Å². The van der Waals surface area contributed by atoms with E-state index in [0.717, 1.165) is 33.7 Å². The van der Waals surface area contributed by atoms with Crippen LogP contribution in [0.5, 0.6) is 0 Å². The highest BCUT2D eigenvalue weighted by atomic mass is 16.1. The second-order valence-corrected chi connectivity index (χ2v) is 7.06. The monoisotopic (exact) mass is 378 g/mol. The Morgan fingerprint density at radius 1 is 0.724 bits per heavy atom. The predicted molar refractivity (Wildman–Crippen MR) is 120 cm³/mol. The quantitative estimate of drug-likeness (QED) is 0.416. The van der Waals surface area contributed by atoms with E-state index < -0.39 is 0 Å². The maximum Gasteiger partial charge on any atom is 0.272 e. The SMILES string of the molecule is C/C(=N\n1c(-c2ccccc2)cc(-c2ccccc2)cc1=O)c1ccc(C)cc1. The van der Waals surface area contributed by atoms with Gasteiger partial charge in [-0.3, -0.25) is 4.79 Å². The van der Waals surface area contributed by atoms with Gasteiger partial charge in [-0.2, -0.15) is 9.78 Å². The minimum Gasteiger partial charge on any atom is -0.267 e. The van der Waals surface area contributed by atoms with Gasteiger partial charge in [0.1, 0.15) is 0 Å². The standard InChI is InChI=1S/C26H22N2O/c1-19-13-15-21(16-14-19)20(2)27-28-25(23-11-7-4-8-12-23)17-24(18-26(28)29)22-9-5-3-6-10-22/h3-18H,1-2H3/b27-20+. The number of hydrogen-bond donors (Lipinski definition) is 0. The van der Waals surface area contributed by atoms with Gasteiger partial charge in [-0.05, 0) is 36.6 Å². The van der Waals surface area contributed by atoms with Gasteiger partial charge in [0.25, 0.3) is 5.56 Å². The van der Waals surface area contributed by atoms with Gasteiger partial charge in [-0.25, -0.2) is 0 Å². The van der Waals surface area contributed by atoms with E-state index >= 15 is 0 Å². The highest BCUT2D eigenvalue weighted by molar-refractivity contribution is 5.98. The first-order chi connectivity index (χ1) is 14.1. The van der Waals surface area contributed by atoms with Crippen molar-refractivity contribution in [1.29, 1.82) is 0 Å². The maximum atomic E-state index is 13.1. The molecule has 0 saturated carbocycles. The molecule has 0 aliphatic rings. The Bertz CT molecular complexity index is 1210. The van der Waals surface area contributed by atoms with Crippen molar-refractivity contribution in [2.45, 2.75) is 13.8 Å². The van der Waals surface area contributed by atoms with Crippen molar-refractivity contribution in [3.63, 3.8) is 0 Å². The third-order valence-corrected chi connectivity index (χ3v) is 4.90. The van der Waals surface area contributed by atoms with Gasteiger partial charge in [-0.1, -0.05) is 90.5 Å². The molecule has 0 amide bonds. The lowest BCUT2D eigenvalue weighted by Crippen LogP contribution is -2.19. The molecule has 0 spiro atoms. The molecule has 0 unspecified atom stereocenters. The van der Waals surface area contributed by atoms with Crippen LogP contribution in [0.25, 0.3) is 22.4 Å². The van der Waals surface area contributed by atoms with Crippen LogP contribution in [-0.4, -0.2) is 10.4 Å². The molecule has 1 aromatic heterocycles. The minimum atomic E-state index is -0.156. The van der Waals surface area contributed by atoms with E-state index in [9.17, 15) is 4.79 Å². The van der Waals surface area contributed by atoms with Crippen molar-refractivity contribution < 1.29 is 0 Å². The number of rotatable bonds is 4. The molecule has 0 aliphatic heterocycles. The third kappa shape index (κ3) is 4.09. The largest absolute Gasteiger partial charge is 0.272 e. The molecule has 3 heteroatoms.